The first-order valence-corrected chi connectivity index (χ1v) is 7.59. The average Bonchev–Trinajstić information content (AvgIpc) is 2.56. The van der Waals surface area contributed by atoms with Crippen LogP contribution in [0.25, 0.3) is 11.0 Å². The van der Waals surface area contributed by atoms with E-state index >= 15 is 0 Å². The van der Waals surface area contributed by atoms with Crippen molar-refractivity contribution in [3.63, 3.8) is 0 Å². The van der Waals surface area contributed by atoms with Crippen molar-refractivity contribution in [2.24, 2.45) is 0 Å². The molecule has 1 amide bonds. The zero-order valence-corrected chi connectivity index (χ0v) is 13.2. The molecule has 1 aromatic heterocycles. The van der Waals surface area contributed by atoms with Crippen LogP contribution in [0, 0.1) is 0 Å². The highest BCUT2D eigenvalue weighted by Gasteiger charge is 2.14. The van der Waals surface area contributed by atoms with Crippen LogP contribution in [0.4, 0.5) is 5.69 Å². The fraction of sp³-hybridized carbons (Fsp3) is 0.111. The van der Waals surface area contributed by atoms with Crippen molar-refractivity contribution in [2.45, 2.75) is 13.3 Å². The standard InChI is InChI=1S/C18H14ClNO3/c1-2-11-7-8-16-12(9-11)15(21)10-17(23-16)18(22)20-14-6-4-3-5-13(14)19/h3-10H,2H2,1H3,(H,20,22). The summed E-state index contributed by atoms with van der Waals surface area (Å²) in [5, 5.41) is 3.52. The summed E-state index contributed by atoms with van der Waals surface area (Å²) in [6, 6.07) is 13.4. The fourth-order valence-electron chi connectivity index (χ4n) is 2.28. The number of hydrogen-bond acceptors (Lipinski definition) is 3. The first-order valence-electron chi connectivity index (χ1n) is 7.21. The number of anilines is 1. The molecule has 116 valence electrons. The molecule has 23 heavy (non-hydrogen) atoms. The van der Waals surface area contributed by atoms with E-state index in [2.05, 4.69) is 5.32 Å². The largest absolute Gasteiger partial charge is 0.451 e. The molecule has 2 aromatic carbocycles. The van der Waals surface area contributed by atoms with E-state index in [4.69, 9.17) is 16.0 Å². The van der Waals surface area contributed by atoms with Crippen molar-refractivity contribution in [3.05, 3.63) is 75.1 Å². The van der Waals surface area contributed by atoms with Crippen molar-refractivity contribution in [2.75, 3.05) is 5.32 Å². The molecule has 1 heterocycles. The summed E-state index contributed by atoms with van der Waals surface area (Å²) in [7, 11) is 0. The molecule has 5 heteroatoms. The smallest absolute Gasteiger partial charge is 0.291 e. The number of hydrogen-bond donors (Lipinski definition) is 1. The lowest BCUT2D eigenvalue weighted by molar-refractivity contribution is 0.0997. The summed E-state index contributed by atoms with van der Waals surface area (Å²) in [6.07, 6.45) is 0.824. The summed E-state index contributed by atoms with van der Waals surface area (Å²) in [6.45, 7) is 2.01. The molecule has 0 radical (unpaired) electrons. The Morgan fingerprint density at radius 2 is 1.96 bits per heavy atom. The topological polar surface area (TPSA) is 59.3 Å². The SMILES string of the molecule is CCc1ccc2oc(C(=O)Nc3ccccc3Cl)cc(=O)c2c1. The Kier molecular flexibility index (Phi) is 4.17. The number of halogens is 1. The molecule has 0 aliphatic carbocycles. The van der Waals surface area contributed by atoms with Gasteiger partial charge < -0.3 is 9.73 Å². The Labute approximate surface area is 137 Å². The van der Waals surface area contributed by atoms with Crippen LogP contribution >= 0.6 is 11.6 Å². The van der Waals surface area contributed by atoms with Crippen LogP contribution in [0.1, 0.15) is 23.0 Å². The average molecular weight is 328 g/mol. The predicted octanol–water partition coefficient (Wildman–Crippen LogP) is 4.26. The molecule has 0 aliphatic rings. The van der Waals surface area contributed by atoms with E-state index in [1.165, 1.54) is 6.07 Å². The maximum atomic E-state index is 12.3. The molecule has 0 unspecified atom stereocenters. The summed E-state index contributed by atoms with van der Waals surface area (Å²) in [5.74, 6) is -0.566. The number of aryl methyl sites for hydroxylation is 1. The lowest BCUT2D eigenvalue weighted by Crippen LogP contribution is -2.15. The van der Waals surface area contributed by atoms with E-state index in [0.29, 0.717) is 21.7 Å². The van der Waals surface area contributed by atoms with Crippen LogP contribution in [0.3, 0.4) is 0 Å². The molecular weight excluding hydrogens is 314 g/mol. The second-order valence-electron chi connectivity index (χ2n) is 5.09. The quantitative estimate of drug-likeness (QED) is 0.781. The number of fused-ring (bicyclic) bond motifs is 1. The number of carbonyl (C=O) groups excluding carboxylic acids is 1. The van der Waals surface area contributed by atoms with Crippen LogP contribution < -0.4 is 10.7 Å². The van der Waals surface area contributed by atoms with E-state index in [1.54, 1.807) is 36.4 Å². The van der Waals surface area contributed by atoms with Gasteiger partial charge in [0.05, 0.1) is 16.1 Å². The van der Waals surface area contributed by atoms with E-state index in [0.717, 1.165) is 12.0 Å². The van der Waals surface area contributed by atoms with Gasteiger partial charge in [0.15, 0.2) is 11.2 Å². The normalized spacial score (nSPS) is 10.7. The summed E-state index contributed by atoms with van der Waals surface area (Å²) >= 11 is 6.01. The Morgan fingerprint density at radius 1 is 1.17 bits per heavy atom. The Morgan fingerprint density at radius 3 is 2.70 bits per heavy atom. The second kappa shape index (κ2) is 6.26. The van der Waals surface area contributed by atoms with Crippen molar-refractivity contribution in [3.8, 4) is 0 Å². The summed E-state index contributed by atoms with van der Waals surface area (Å²) in [4.78, 5) is 24.5. The third-order valence-electron chi connectivity index (χ3n) is 3.55. The van der Waals surface area contributed by atoms with Gasteiger partial charge in [-0.2, -0.15) is 0 Å². The van der Waals surface area contributed by atoms with Crippen LogP contribution in [-0.2, 0) is 6.42 Å². The van der Waals surface area contributed by atoms with Crippen LogP contribution in [0.15, 0.2) is 57.7 Å². The molecule has 0 saturated carbocycles. The second-order valence-corrected chi connectivity index (χ2v) is 5.50. The third kappa shape index (κ3) is 3.12. The van der Waals surface area contributed by atoms with E-state index in [1.807, 2.05) is 13.0 Å². The molecule has 0 saturated heterocycles. The Hall–Kier alpha value is -2.59. The maximum absolute atomic E-state index is 12.3. The van der Waals surface area contributed by atoms with E-state index in [-0.39, 0.29) is 11.2 Å². The van der Waals surface area contributed by atoms with Crippen LogP contribution in [-0.4, -0.2) is 5.91 Å². The minimum atomic E-state index is -0.517. The number of para-hydroxylation sites is 1. The highest BCUT2D eigenvalue weighted by Crippen LogP contribution is 2.22. The molecule has 4 nitrogen and oxygen atoms in total. The number of amides is 1. The van der Waals surface area contributed by atoms with Crippen LogP contribution in [0.2, 0.25) is 5.02 Å². The molecule has 0 fully saturated rings. The van der Waals surface area contributed by atoms with E-state index in [9.17, 15) is 9.59 Å². The van der Waals surface area contributed by atoms with Gasteiger partial charge in [-0.1, -0.05) is 36.7 Å². The van der Waals surface area contributed by atoms with Gasteiger partial charge in [0.1, 0.15) is 5.58 Å². The monoisotopic (exact) mass is 327 g/mol. The van der Waals surface area contributed by atoms with Crippen molar-refractivity contribution < 1.29 is 9.21 Å². The lowest BCUT2D eigenvalue weighted by Gasteiger charge is -2.07. The van der Waals surface area contributed by atoms with Gasteiger partial charge >= 0.3 is 0 Å². The number of benzene rings is 2. The van der Waals surface area contributed by atoms with Gasteiger partial charge in [-0.15, -0.1) is 0 Å². The zero-order chi connectivity index (χ0) is 16.4. The van der Waals surface area contributed by atoms with Crippen molar-refractivity contribution in [1.29, 1.82) is 0 Å². The number of carbonyl (C=O) groups is 1. The first kappa shape index (κ1) is 15.3. The predicted molar refractivity (Wildman–Crippen MR) is 91.3 cm³/mol. The van der Waals surface area contributed by atoms with E-state index < -0.39 is 5.91 Å². The minimum absolute atomic E-state index is 0.0494. The lowest BCUT2D eigenvalue weighted by atomic mass is 10.1. The van der Waals surface area contributed by atoms with Gasteiger partial charge in [-0.05, 0) is 36.2 Å². The summed E-state index contributed by atoms with van der Waals surface area (Å²) < 4.78 is 5.56. The zero-order valence-electron chi connectivity index (χ0n) is 12.4. The molecule has 0 aliphatic heterocycles. The molecule has 3 aromatic rings. The van der Waals surface area contributed by atoms with Crippen molar-refractivity contribution >= 4 is 34.2 Å². The van der Waals surface area contributed by atoms with Gasteiger partial charge in [0.25, 0.3) is 5.91 Å². The number of nitrogens with one attached hydrogen (secondary N) is 1. The maximum Gasteiger partial charge on any atom is 0.291 e. The molecule has 3 rings (SSSR count). The van der Waals surface area contributed by atoms with Crippen LogP contribution in [0.5, 0.6) is 0 Å². The Balaban J connectivity index is 1.98. The van der Waals surface area contributed by atoms with Crippen molar-refractivity contribution in [1.82, 2.24) is 0 Å². The molecule has 0 bridgehead atoms. The fourth-order valence-corrected chi connectivity index (χ4v) is 2.46. The molecular formula is C18H14ClNO3. The molecule has 0 spiro atoms. The highest BCUT2D eigenvalue weighted by molar-refractivity contribution is 6.33. The number of rotatable bonds is 3. The van der Waals surface area contributed by atoms with Gasteiger partial charge in [0, 0.05) is 6.07 Å². The third-order valence-corrected chi connectivity index (χ3v) is 3.88. The van der Waals surface area contributed by atoms with Gasteiger partial charge in [0.2, 0.25) is 0 Å². The minimum Gasteiger partial charge on any atom is -0.451 e. The Bertz CT molecular complexity index is 946. The molecule has 1 N–H and O–H groups in total. The highest BCUT2D eigenvalue weighted by atomic mass is 35.5. The van der Waals surface area contributed by atoms with Gasteiger partial charge in [-0.25, -0.2) is 0 Å². The molecule has 0 atom stereocenters. The summed E-state index contributed by atoms with van der Waals surface area (Å²) in [5.41, 5.74) is 1.64. The first-order chi connectivity index (χ1) is 11.1. The van der Waals surface area contributed by atoms with Gasteiger partial charge in [-0.3, -0.25) is 9.59 Å².